The van der Waals surface area contributed by atoms with Crippen LogP contribution in [-0.4, -0.2) is 18.1 Å². The van der Waals surface area contributed by atoms with Crippen LogP contribution < -0.4 is 4.90 Å². The first kappa shape index (κ1) is 11.7. The highest BCUT2D eigenvalue weighted by atomic mass is 35.5. The van der Waals surface area contributed by atoms with Gasteiger partial charge in [-0.2, -0.15) is 0 Å². The Kier molecular flexibility index (Phi) is 3.70. The molecule has 2 nitrogen and oxygen atoms in total. The average molecular weight is 239 g/mol. The van der Waals surface area contributed by atoms with Crippen LogP contribution in [0.2, 0.25) is 0 Å². The molecule has 0 aromatic carbocycles. The van der Waals surface area contributed by atoms with Crippen LogP contribution in [0.4, 0.5) is 5.69 Å². The van der Waals surface area contributed by atoms with Crippen LogP contribution in [0.5, 0.6) is 0 Å². The maximum Gasteiger partial charge on any atom is 0.0509 e. The van der Waals surface area contributed by atoms with E-state index in [2.05, 4.69) is 29.8 Å². The van der Waals surface area contributed by atoms with Crippen LogP contribution in [-0.2, 0) is 5.88 Å². The Hall–Kier alpha value is -0.760. The van der Waals surface area contributed by atoms with Crippen molar-refractivity contribution in [3.05, 3.63) is 24.0 Å². The van der Waals surface area contributed by atoms with Gasteiger partial charge in [0.2, 0.25) is 0 Å². The van der Waals surface area contributed by atoms with Crippen LogP contribution in [0.3, 0.4) is 0 Å². The molecule has 2 unspecified atom stereocenters. The lowest BCUT2D eigenvalue weighted by molar-refractivity contribution is 0.356. The number of hydrogen-bond acceptors (Lipinski definition) is 2. The molecule has 0 bridgehead atoms. The smallest absolute Gasteiger partial charge is 0.0509 e. The van der Waals surface area contributed by atoms with Gasteiger partial charge in [-0.05, 0) is 24.3 Å². The molecule has 1 fully saturated rings. The van der Waals surface area contributed by atoms with E-state index in [-0.39, 0.29) is 0 Å². The Labute approximate surface area is 103 Å². The van der Waals surface area contributed by atoms with Gasteiger partial charge in [-0.1, -0.05) is 13.8 Å². The summed E-state index contributed by atoms with van der Waals surface area (Å²) in [5, 5.41) is 0. The van der Waals surface area contributed by atoms with Gasteiger partial charge in [0.25, 0.3) is 0 Å². The van der Waals surface area contributed by atoms with E-state index in [1.165, 1.54) is 12.1 Å². The fraction of sp³-hybridized carbons (Fsp3) is 0.615. The van der Waals surface area contributed by atoms with Gasteiger partial charge in [-0.15, -0.1) is 11.6 Å². The first-order chi connectivity index (χ1) is 7.70. The van der Waals surface area contributed by atoms with Crippen molar-refractivity contribution in [1.82, 2.24) is 4.98 Å². The second-order valence-corrected chi connectivity index (χ2v) is 5.26. The normalized spacial score (nSPS) is 25.8. The lowest BCUT2D eigenvalue weighted by Crippen LogP contribution is -2.39. The Morgan fingerprint density at radius 2 is 2.06 bits per heavy atom. The highest BCUT2D eigenvalue weighted by Gasteiger charge is 2.23. The number of hydrogen-bond donors (Lipinski definition) is 0. The standard InChI is InChI=1S/C13H19ClN2/c1-10-5-11(2)9-16(8-10)13-3-4-15-7-12(13)6-14/h3-4,7,10-11H,5-6,8-9H2,1-2H3. The number of alkyl halides is 1. The van der Waals surface area contributed by atoms with Crippen molar-refractivity contribution < 1.29 is 0 Å². The molecule has 2 atom stereocenters. The molecule has 2 rings (SSSR count). The van der Waals surface area contributed by atoms with E-state index in [0.717, 1.165) is 30.5 Å². The Balaban J connectivity index is 2.22. The molecule has 3 heteroatoms. The zero-order valence-corrected chi connectivity index (χ0v) is 10.7. The lowest BCUT2D eigenvalue weighted by atomic mass is 9.91. The Bertz CT molecular complexity index is 344. The fourth-order valence-electron chi connectivity index (χ4n) is 2.69. The van der Waals surface area contributed by atoms with Crippen LogP contribution in [0.25, 0.3) is 0 Å². The summed E-state index contributed by atoms with van der Waals surface area (Å²) in [4.78, 5) is 6.59. The van der Waals surface area contributed by atoms with Crippen LogP contribution in [0, 0.1) is 11.8 Å². The van der Waals surface area contributed by atoms with Gasteiger partial charge < -0.3 is 4.90 Å². The van der Waals surface area contributed by atoms with Crippen molar-refractivity contribution in [2.75, 3.05) is 18.0 Å². The minimum Gasteiger partial charge on any atom is -0.371 e. The summed E-state index contributed by atoms with van der Waals surface area (Å²) in [7, 11) is 0. The third-order valence-electron chi connectivity index (χ3n) is 3.23. The number of pyridine rings is 1. The molecule has 0 N–H and O–H groups in total. The molecule has 1 aliphatic heterocycles. The zero-order valence-electron chi connectivity index (χ0n) is 9.99. The van der Waals surface area contributed by atoms with E-state index >= 15 is 0 Å². The first-order valence-electron chi connectivity index (χ1n) is 5.94. The van der Waals surface area contributed by atoms with Gasteiger partial charge in [0.05, 0.1) is 5.88 Å². The summed E-state index contributed by atoms with van der Waals surface area (Å²) in [5.74, 6) is 2.07. The van der Waals surface area contributed by atoms with Crippen LogP contribution in [0.1, 0.15) is 25.8 Å². The number of rotatable bonds is 2. The van der Waals surface area contributed by atoms with Crippen molar-refractivity contribution >= 4 is 17.3 Å². The Morgan fingerprint density at radius 1 is 1.38 bits per heavy atom. The van der Waals surface area contributed by atoms with Gasteiger partial charge in [0.1, 0.15) is 0 Å². The topological polar surface area (TPSA) is 16.1 Å². The number of nitrogens with zero attached hydrogens (tertiary/aromatic N) is 2. The largest absolute Gasteiger partial charge is 0.371 e. The maximum atomic E-state index is 5.96. The van der Waals surface area contributed by atoms with Crippen LogP contribution in [0.15, 0.2) is 18.5 Å². The highest BCUT2D eigenvalue weighted by molar-refractivity contribution is 6.17. The van der Waals surface area contributed by atoms with Crippen molar-refractivity contribution in [1.29, 1.82) is 0 Å². The van der Waals surface area contributed by atoms with Crippen molar-refractivity contribution in [2.45, 2.75) is 26.1 Å². The monoisotopic (exact) mass is 238 g/mol. The van der Waals surface area contributed by atoms with Gasteiger partial charge in [0.15, 0.2) is 0 Å². The highest BCUT2D eigenvalue weighted by Crippen LogP contribution is 2.28. The van der Waals surface area contributed by atoms with Crippen molar-refractivity contribution in [3.63, 3.8) is 0 Å². The second kappa shape index (κ2) is 5.05. The summed E-state index contributed by atoms with van der Waals surface area (Å²) >= 11 is 5.96. The fourth-order valence-corrected chi connectivity index (χ4v) is 2.90. The van der Waals surface area contributed by atoms with E-state index in [4.69, 9.17) is 11.6 Å². The minimum absolute atomic E-state index is 0.544. The average Bonchev–Trinajstić information content (AvgIpc) is 2.27. The van der Waals surface area contributed by atoms with E-state index in [1.54, 1.807) is 0 Å². The molecule has 1 saturated heterocycles. The van der Waals surface area contributed by atoms with Crippen molar-refractivity contribution in [2.24, 2.45) is 11.8 Å². The summed E-state index contributed by atoms with van der Waals surface area (Å²) < 4.78 is 0. The number of anilines is 1. The van der Waals surface area contributed by atoms with E-state index in [1.807, 2.05) is 12.4 Å². The van der Waals surface area contributed by atoms with Gasteiger partial charge in [-0.25, -0.2) is 0 Å². The molecule has 0 saturated carbocycles. The molecule has 0 radical (unpaired) electrons. The molecule has 16 heavy (non-hydrogen) atoms. The van der Waals surface area contributed by atoms with Crippen LogP contribution >= 0.6 is 11.6 Å². The maximum absolute atomic E-state index is 5.96. The molecule has 0 amide bonds. The number of piperidine rings is 1. The first-order valence-corrected chi connectivity index (χ1v) is 6.48. The summed E-state index contributed by atoms with van der Waals surface area (Å²) in [6.45, 7) is 6.92. The predicted molar refractivity (Wildman–Crippen MR) is 69.0 cm³/mol. The molecule has 0 spiro atoms. The molecular formula is C13H19ClN2. The Morgan fingerprint density at radius 3 is 2.69 bits per heavy atom. The van der Waals surface area contributed by atoms with Gasteiger partial charge in [-0.3, -0.25) is 4.98 Å². The molecule has 1 aliphatic rings. The molecule has 88 valence electrons. The van der Waals surface area contributed by atoms with E-state index in [0.29, 0.717) is 5.88 Å². The molecular weight excluding hydrogens is 220 g/mol. The molecule has 0 aliphatic carbocycles. The van der Waals surface area contributed by atoms with Crippen molar-refractivity contribution in [3.8, 4) is 0 Å². The van der Waals surface area contributed by atoms with E-state index in [9.17, 15) is 0 Å². The molecule has 1 aromatic heterocycles. The molecule has 2 heterocycles. The third-order valence-corrected chi connectivity index (χ3v) is 3.52. The van der Waals surface area contributed by atoms with Gasteiger partial charge in [0, 0.05) is 36.7 Å². The quantitative estimate of drug-likeness (QED) is 0.735. The molecule has 1 aromatic rings. The lowest BCUT2D eigenvalue weighted by Gasteiger charge is -2.37. The van der Waals surface area contributed by atoms with Gasteiger partial charge >= 0.3 is 0 Å². The van der Waals surface area contributed by atoms with E-state index < -0.39 is 0 Å². The summed E-state index contributed by atoms with van der Waals surface area (Å²) in [6.07, 6.45) is 5.07. The number of halogens is 1. The number of aromatic nitrogens is 1. The third kappa shape index (κ3) is 2.49. The predicted octanol–water partition coefficient (Wildman–Crippen LogP) is 3.30. The minimum atomic E-state index is 0.544. The SMILES string of the molecule is CC1CC(C)CN(c2ccncc2CCl)C1. The summed E-state index contributed by atoms with van der Waals surface area (Å²) in [6, 6.07) is 2.09. The zero-order chi connectivity index (χ0) is 11.5. The second-order valence-electron chi connectivity index (χ2n) is 4.99. The summed E-state index contributed by atoms with van der Waals surface area (Å²) in [5.41, 5.74) is 2.41.